The molecular formula is C20H18N4O3. The fourth-order valence-corrected chi connectivity index (χ4v) is 3.74. The molecule has 1 atom stereocenters. The quantitative estimate of drug-likeness (QED) is 0.701. The molecule has 0 spiro atoms. The van der Waals surface area contributed by atoms with Gasteiger partial charge in [-0.3, -0.25) is 4.79 Å². The van der Waals surface area contributed by atoms with E-state index in [-0.39, 0.29) is 18.7 Å². The second-order valence-electron chi connectivity index (χ2n) is 6.75. The summed E-state index contributed by atoms with van der Waals surface area (Å²) in [6.45, 7) is 3.21. The van der Waals surface area contributed by atoms with E-state index in [2.05, 4.69) is 21.7 Å². The van der Waals surface area contributed by atoms with Gasteiger partial charge in [0, 0.05) is 12.1 Å². The van der Waals surface area contributed by atoms with Crippen LogP contribution < -0.4 is 9.47 Å². The second-order valence-corrected chi connectivity index (χ2v) is 6.75. The van der Waals surface area contributed by atoms with Gasteiger partial charge >= 0.3 is 0 Å². The second kappa shape index (κ2) is 6.12. The Morgan fingerprint density at radius 2 is 1.93 bits per heavy atom. The first-order valence-corrected chi connectivity index (χ1v) is 8.89. The summed E-state index contributed by atoms with van der Waals surface area (Å²) in [5.41, 5.74) is 1.54. The number of para-hydroxylation sites is 1. The lowest BCUT2D eigenvalue weighted by molar-refractivity contribution is 0.0677. The van der Waals surface area contributed by atoms with Crippen molar-refractivity contribution in [1.29, 1.82) is 0 Å². The molecular weight excluding hydrogens is 344 g/mol. The van der Waals surface area contributed by atoms with Crippen LogP contribution in [0.15, 0.2) is 48.5 Å². The van der Waals surface area contributed by atoms with Gasteiger partial charge in [0.05, 0.1) is 18.2 Å². The Bertz CT molecular complexity index is 1020. The van der Waals surface area contributed by atoms with E-state index in [9.17, 15) is 4.79 Å². The normalized spacial score (nSPS) is 17.7. The van der Waals surface area contributed by atoms with Crippen molar-refractivity contribution in [2.75, 3.05) is 13.3 Å². The lowest BCUT2D eigenvalue weighted by Gasteiger charge is -2.32. The van der Waals surface area contributed by atoms with Crippen LogP contribution in [0.5, 0.6) is 11.5 Å². The summed E-state index contributed by atoms with van der Waals surface area (Å²) in [6, 6.07) is 15.4. The Balaban J connectivity index is 1.47. The number of amides is 1. The summed E-state index contributed by atoms with van der Waals surface area (Å²) < 4.78 is 13.0. The molecule has 0 saturated heterocycles. The van der Waals surface area contributed by atoms with Crippen molar-refractivity contribution < 1.29 is 14.3 Å². The van der Waals surface area contributed by atoms with E-state index in [1.807, 2.05) is 36.4 Å². The number of rotatable bonds is 2. The monoisotopic (exact) mass is 362 g/mol. The van der Waals surface area contributed by atoms with Gasteiger partial charge in [0.15, 0.2) is 23.1 Å². The Morgan fingerprint density at radius 1 is 1.07 bits per heavy atom. The van der Waals surface area contributed by atoms with Gasteiger partial charge in [0.2, 0.25) is 6.79 Å². The molecule has 2 aromatic carbocycles. The van der Waals surface area contributed by atoms with Crippen molar-refractivity contribution in [2.45, 2.75) is 19.5 Å². The smallest absolute Gasteiger partial charge is 0.258 e. The zero-order valence-electron chi connectivity index (χ0n) is 14.8. The highest BCUT2D eigenvalue weighted by atomic mass is 16.7. The van der Waals surface area contributed by atoms with E-state index < -0.39 is 0 Å². The van der Waals surface area contributed by atoms with Crippen molar-refractivity contribution in [1.82, 2.24) is 19.7 Å². The van der Waals surface area contributed by atoms with Crippen LogP contribution in [0.3, 0.4) is 0 Å². The van der Waals surface area contributed by atoms with Gasteiger partial charge in [0.1, 0.15) is 0 Å². The summed E-state index contributed by atoms with van der Waals surface area (Å²) in [5.74, 6) is 2.67. The highest BCUT2D eigenvalue weighted by Gasteiger charge is 2.32. The van der Waals surface area contributed by atoms with Crippen molar-refractivity contribution in [2.24, 2.45) is 0 Å². The number of ether oxygens (including phenoxy) is 2. The molecule has 0 unspecified atom stereocenters. The highest BCUT2D eigenvalue weighted by molar-refractivity contribution is 5.98. The number of carbonyl (C=O) groups excluding carboxylic acids is 1. The lowest BCUT2D eigenvalue weighted by atomic mass is 10.1. The highest BCUT2D eigenvalue weighted by Crippen LogP contribution is 2.37. The molecule has 0 fully saturated rings. The first-order valence-electron chi connectivity index (χ1n) is 8.89. The van der Waals surface area contributed by atoms with Crippen LogP contribution >= 0.6 is 0 Å². The van der Waals surface area contributed by atoms with Gasteiger partial charge in [-0.2, -0.15) is 0 Å². The van der Waals surface area contributed by atoms with Crippen LogP contribution in [0, 0.1) is 0 Å². The van der Waals surface area contributed by atoms with Gasteiger partial charge in [0.25, 0.3) is 5.91 Å². The molecule has 3 heterocycles. The predicted octanol–water partition coefficient (Wildman–Crippen LogP) is 2.89. The number of hydrogen-bond donors (Lipinski definition) is 0. The van der Waals surface area contributed by atoms with Crippen molar-refractivity contribution in [3.05, 3.63) is 59.9 Å². The van der Waals surface area contributed by atoms with Gasteiger partial charge < -0.3 is 18.9 Å². The van der Waals surface area contributed by atoms with Gasteiger partial charge in [-0.15, -0.1) is 10.2 Å². The van der Waals surface area contributed by atoms with E-state index in [4.69, 9.17) is 9.47 Å². The number of benzene rings is 2. The minimum Gasteiger partial charge on any atom is -0.454 e. The molecule has 2 aliphatic rings. The zero-order chi connectivity index (χ0) is 18.4. The minimum atomic E-state index is -0.0836. The Morgan fingerprint density at radius 3 is 2.78 bits per heavy atom. The maximum absolute atomic E-state index is 13.1. The van der Waals surface area contributed by atoms with Crippen LogP contribution in [-0.4, -0.2) is 38.9 Å². The summed E-state index contributed by atoms with van der Waals surface area (Å²) in [7, 11) is 0. The first-order chi connectivity index (χ1) is 13.2. The Hall–Kier alpha value is -3.35. The molecule has 0 saturated carbocycles. The van der Waals surface area contributed by atoms with Gasteiger partial charge in [-0.1, -0.05) is 36.4 Å². The third-order valence-electron chi connectivity index (χ3n) is 4.97. The molecule has 1 aromatic heterocycles. The SMILES string of the molecule is C[C@H]1CN(C(=O)c2cccc3c2OCO3)Cc2nnc(-c3ccccc3)n21. The summed E-state index contributed by atoms with van der Waals surface area (Å²) in [4.78, 5) is 14.9. The molecule has 5 rings (SSSR count). The molecule has 3 aromatic rings. The van der Waals surface area contributed by atoms with Crippen LogP contribution in [0.4, 0.5) is 0 Å². The number of fused-ring (bicyclic) bond motifs is 2. The maximum atomic E-state index is 13.1. The standard InChI is InChI=1S/C20H18N4O3/c1-13-10-23(20(25)15-8-5-9-16-18(15)27-12-26-16)11-17-21-22-19(24(13)17)14-6-3-2-4-7-14/h2-9,13H,10-12H2,1H3/t13-/m0/s1. The molecule has 0 aliphatic carbocycles. The third kappa shape index (κ3) is 2.54. The van der Waals surface area contributed by atoms with E-state index in [0.717, 1.165) is 17.2 Å². The van der Waals surface area contributed by atoms with Crippen LogP contribution in [-0.2, 0) is 6.54 Å². The molecule has 1 amide bonds. The third-order valence-corrected chi connectivity index (χ3v) is 4.97. The maximum Gasteiger partial charge on any atom is 0.258 e. The number of aromatic nitrogens is 3. The number of hydrogen-bond acceptors (Lipinski definition) is 5. The summed E-state index contributed by atoms with van der Waals surface area (Å²) in [6.07, 6.45) is 0. The molecule has 0 radical (unpaired) electrons. The fraction of sp³-hybridized carbons (Fsp3) is 0.250. The van der Waals surface area contributed by atoms with E-state index >= 15 is 0 Å². The van der Waals surface area contributed by atoms with Crippen molar-refractivity contribution in [3.8, 4) is 22.9 Å². The fourth-order valence-electron chi connectivity index (χ4n) is 3.74. The van der Waals surface area contributed by atoms with Crippen LogP contribution in [0.25, 0.3) is 11.4 Å². The predicted molar refractivity (Wildman–Crippen MR) is 97.5 cm³/mol. The Kier molecular flexibility index (Phi) is 3.60. The van der Waals surface area contributed by atoms with E-state index in [0.29, 0.717) is 30.2 Å². The molecule has 7 heteroatoms. The zero-order valence-corrected chi connectivity index (χ0v) is 14.8. The number of nitrogens with zero attached hydrogens (tertiary/aromatic N) is 4. The summed E-state index contributed by atoms with van der Waals surface area (Å²) >= 11 is 0. The Labute approximate surface area is 156 Å². The molecule has 27 heavy (non-hydrogen) atoms. The first kappa shape index (κ1) is 15.9. The van der Waals surface area contributed by atoms with E-state index in [1.165, 1.54) is 0 Å². The average Bonchev–Trinajstić information content (AvgIpc) is 3.35. The minimum absolute atomic E-state index is 0.0665. The van der Waals surface area contributed by atoms with Crippen molar-refractivity contribution in [3.63, 3.8) is 0 Å². The topological polar surface area (TPSA) is 69.5 Å². The summed E-state index contributed by atoms with van der Waals surface area (Å²) in [5, 5.41) is 8.72. The molecule has 0 N–H and O–H groups in total. The molecule has 2 aliphatic heterocycles. The molecule has 136 valence electrons. The number of carbonyl (C=O) groups is 1. The van der Waals surface area contributed by atoms with E-state index in [1.54, 1.807) is 17.0 Å². The van der Waals surface area contributed by atoms with Crippen LogP contribution in [0.2, 0.25) is 0 Å². The largest absolute Gasteiger partial charge is 0.454 e. The van der Waals surface area contributed by atoms with Gasteiger partial charge in [-0.05, 0) is 19.1 Å². The molecule has 7 nitrogen and oxygen atoms in total. The lowest BCUT2D eigenvalue weighted by Crippen LogP contribution is -2.40. The van der Waals surface area contributed by atoms with Crippen LogP contribution in [0.1, 0.15) is 29.1 Å². The average molecular weight is 362 g/mol. The van der Waals surface area contributed by atoms with Gasteiger partial charge in [-0.25, -0.2) is 0 Å². The van der Waals surface area contributed by atoms with Crippen molar-refractivity contribution >= 4 is 5.91 Å². The molecule has 0 bridgehead atoms.